The average Bonchev–Trinajstić information content (AvgIpc) is 3.13. The van der Waals surface area contributed by atoms with Crippen LogP contribution in [0.4, 0.5) is 10.5 Å². The van der Waals surface area contributed by atoms with Gasteiger partial charge < -0.3 is 15.2 Å². The molecule has 2 aromatic carbocycles. The highest BCUT2D eigenvalue weighted by Gasteiger charge is 2.21. The van der Waals surface area contributed by atoms with Crippen molar-refractivity contribution in [2.45, 2.75) is 20.3 Å². The number of hydrogen-bond acceptors (Lipinski definition) is 2. The molecule has 0 bridgehead atoms. The van der Waals surface area contributed by atoms with Crippen LogP contribution in [0.25, 0.3) is 10.9 Å². The molecule has 1 fully saturated rings. The number of nitrogens with one attached hydrogen (secondary N) is 2. The van der Waals surface area contributed by atoms with Gasteiger partial charge in [-0.2, -0.15) is 0 Å². The number of aromatic amines is 1. The van der Waals surface area contributed by atoms with Gasteiger partial charge >= 0.3 is 6.03 Å². The molecule has 0 aliphatic carbocycles. The molecular formula is C23H28N4O. The molecule has 1 aliphatic rings. The summed E-state index contributed by atoms with van der Waals surface area (Å²) in [5.74, 6) is 0. The van der Waals surface area contributed by atoms with E-state index in [1.54, 1.807) is 0 Å². The highest BCUT2D eigenvalue weighted by atomic mass is 16.2. The van der Waals surface area contributed by atoms with E-state index >= 15 is 0 Å². The fraction of sp³-hybridized carbons (Fsp3) is 0.348. The maximum Gasteiger partial charge on any atom is 0.321 e. The van der Waals surface area contributed by atoms with E-state index in [-0.39, 0.29) is 6.03 Å². The lowest BCUT2D eigenvalue weighted by Gasteiger charge is -2.34. The third-order valence-corrected chi connectivity index (χ3v) is 5.74. The average molecular weight is 377 g/mol. The lowest BCUT2D eigenvalue weighted by atomic mass is 10.1. The number of anilines is 1. The fourth-order valence-electron chi connectivity index (χ4n) is 3.99. The quantitative estimate of drug-likeness (QED) is 0.718. The second-order valence-electron chi connectivity index (χ2n) is 7.64. The molecule has 3 aromatic rings. The fourth-order valence-corrected chi connectivity index (χ4v) is 3.99. The number of carbonyl (C=O) groups excluding carboxylic acids is 1. The number of carbonyl (C=O) groups is 1. The third kappa shape index (κ3) is 3.90. The van der Waals surface area contributed by atoms with E-state index < -0.39 is 0 Å². The number of benzene rings is 2. The predicted octanol–water partition coefficient (Wildman–Crippen LogP) is 4.18. The van der Waals surface area contributed by atoms with Gasteiger partial charge in [0.2, 0.25) is 0 Å². The Morgan fingerprint density at radius 1 is 1.00 bits per heavy atom. The number of amides is 2. The Bertz CT molecular complexity index is 949. The van der Waals surface area contributed by atoms with Gasteiger partial charge in [-0.15, -0.1) is 0 Å². The van der Waals surface area contributed by atoms with Crippen LogP contribution in [0.1, 0.15) is 16.7 Å². The number of fused-ring (bicyclic) bond motifs is 1. The Kier molecular flexibility index (Phi) is 5.35. The summed E-state index contributed by atoms with van der Waals surface area (Å²) in [6.45, 7) is 8.46. The summed E-state index contributed by atoms with van der Waals surface area (Å²) in [5, 5.41) is 4.42. The minimum Gasteiger partial charge on any atom is -0.361 e. The van der Waals surface area contributed by atoms with Crippen molar-refractivity contribution in [3.05, 3.63) is 65.4 Å². The summed E-state index contributed by atoms with van der Waals surface area (Å²) in [5.41, 5.74) is 5.71. The van der Waals surface area contributed by atoms with Crippen molar-refractivity contribution in [1.82, 2.24) is 14.8 Å². The number of H-pyrrole nitrogens is 1. The Balaban J connectivity index is 1.29. The second kappa shape index (κ2) is 8.07. The molecule has 0 radical (unpaired) electrons. The van der Waals surface area contributed by atoms with E-state index in [0.29, 0.717) is 0 Å². The van der Waals surface area contributed by atoms with Gasteiger partial charge in [-0.05, 0) is 43.0 Å². The first-order valence-corrected chi connectivity index (χ1v) is 10.0. The van der Waals surface area contributed by atoms with Crippen LogP contribution in [0.5, 0.6) is 0 Å². The van der Waals surface area contributed by atoms with Crippen molar-refractivity contribution in [3.63, 3.8) is 0 Å². The number of aromatic nitrogens is 1. The van der Waals surface area contributed by atoms with Crippen LogP contribution in [0.15, 0.2) is 48.7 Å². The van der Waals surface area contributed by atoms with Crippen LogP contribution < -0.4 is 5.32 Å². The maximum atomic E-state index is 12.7. The molecule has 28 heavy (non-hydrogen) atoms. The van der Waals surface area contributed by atoms with Crippen LogP contribution in [0.3, 0.4) is 0 Å². The monoisotopic (exact) mass is 376 g/mol. The first kappa shape index (κ1) is 18.6. The largest absolute Gasteiger partial charge is 0.361 e. The summed E-state index contributed by atoms with van der Waals surface area (Å²) < 4.78 is 0. The van der Waals surface area contributed by atoms with E-state index in [0.717, 1.165) is 56.0 Å². The molecule has 0 spiro atoms. The SMILES string of the molecule is Cc1cccc(C)c1NC(=O)N1CCN(CCc2c[nH]c3ccccc23)CC1. The number of aryl methyl sites for hydroxylation is 2. The number of urea groups is 1. The number of para-hydroxylation sites is 2. The van der Waals surface area contributed by atoms with Crippen molar-refractivity contribution in [3.8, 4) is 0 Å². The van der Waals surface area contributed by atoms with Gasteiger partial charge in [-0.3, -0.25) is 4.90 Å². The molecule has 4 rings (SSSR count). The molecule has 1 aliphatic heterocycles. The van der Waals surface area contributed by atoms with E-state index in [2.05, 4.69) is 45.7 Å². The summed E-state index contributed by atoms with van der Waals surface area (Å²) >= 11 is 0. The Morgan fingerprint density at radius 2 is 1.71 bits per heavy atom. The number of piperazine rings is 1. The topological polar surface area (TPSA) is 51.4 Å². The first-order chi connectivity index (χ1) is 13.6. The zero-order valence-corrected chi connectivity index (χ0v) is 16.7. The van der Waals surface area contributed by atoms with E-state index in [9.17, 15) is 4.79 Å². The molecule has 1 aromatic heterocycles. The molecule has 0 saturated carbocycles. The van der Waals surface area contributed by atoms with Crippen molar-refractivity contribution in [2.75, 3.05) is 38.0 Å². The van der Waals surface area contributed by atoms with Gasteiger partial charge in [0, 0.05) is 55.5 Å². The molecule has 2 N–H and O–H groups in total. The normalized spacial score (nSPS) is 15.1. The molecule has 0 unspecified atom stereocenters. The highest BCUT2D eigenvalue weighted by molar-refractivity contribution is 5.91. The Morgan fingerprint density at radius 3 is 2.46 bits per heavy atom. The number of rotatable bonds is 4. The smallest absolute Gasteiger partial charge is 0.321 e. The molecule has 5 heteroatoms. The van der Waals surface area contributed by atoms with Gasteiger partial charge in [0.05, 0.1) is 0 Å². The number of nitrogens with zero attached hydrogens (tertiary/aromatic N) is 2. The zero-order valence-electron chi connectivity index (χ0n) is 16.7. The van der Waals surface area contributed by atoms with Crippen molar-refractivity contribution in [2.24, 2.45) is 0 Å². The molecular weight excluding hydrogens is 348 g/mol. The molecule has 2 heterocycles. The standard InChI is InChI=1S/C23H28N4O/c1-17-6-5-7-18(2)22(17)25-23(28)27-14-12-26(13-15-27)11-10-19-16-24-21-9-4-3-8-20(19)21/h3-9,16,24H,10-15H2,1-2H3,(H,25,28). The lowest BCUT2D eigenvalue weighted by Crippen LogP contribution is -2.50. The predicted molar refractivity (Wildman–Crippen MR) is 115 cm³/mol. The summed E-state index contributed by atoms with van der Waals surface area (Å²) in [6, 6.07) is 14.5. The van der Waals surface area contributed by atoms with E-state index in [4.69, 9.17) is 0 Å². The van der Waals surface area contributed by atoms with Crippen LogP contribution >= 0.6 is 0 Å². The molecule has 5 nitrogen and oxygen atoms in total. The van der Waals surface area contributed by atoms with Gasteiger partial charge in [-0.25, -0.2) is 4.79 Å². The van der Waals surface area contributed by atoms with Crippen LogP contribution in [-0.2, 0) is 6.42 Å². The van der Waals surface area contributed by atoms with Crippen LogP contribution in [0, 0.1) is 13.8 Å². The summed E-state index contributed by atoms with van der Waals surface area (Å²) in [7, 11) is 0. The van der Waals surface area contributed by atoms with Crippen molar-refractivity contribution >= 4 is 22.6 Å². The maximum absolute atomic E-state index is 12.7. The van der Waals surface area contributed by atoms with E-state index in [1.807, 2.05) is 36.9 Å². The highest BCUT2D eigenvalue weighted by Crippen LogP contribution is 2.21. The molecule has 0 atom stereocenters. The Hall–Kier alpha value is -2.79. The first-order valence-electron chi connectivity index (χ1n) is 10.0. The van der Waals surface area contributed by atoms with Gasteiger partial charge in [0.1, 0.15) is 0 Å². The molecule has 1 saturated heterocycles. The third-order valence-electron chi connectivity index (χ3n) is 5.74. The van der Waals surface area contributed by atoms with Crippen molar-refractivity contribution in [1.29, 1.82) is 0 Å². The van der Waals surface area contributed by atoms with Crippen molar-refractivity contribution < 1.29 is 4.79 Å². The minimum atomic E-state index is 0.00804. The second-order valence-corrected chi connectivity index (χ2v) is 7.64. The van der Waals surface area contributed by atoms with Gasteiger partial charge in [0.25, 0.3) is 0 Å². The summed E-state index contributed by atoms with van der Waals surface area (Å²) in [4.78, 5) is 20.4. The van der Waals surface area contributed by atoms with Gasteiger partial charge in [0.15, 0.2) is 0 Å². The Labute approximate surface area is 166 Å². The van der Waals surface area contributed by atoms with Crippen LogP contribution in [0.2, 0.25) is 0 Å². The minimum absolute atomic E-state index is 0.00804. The lowest BCUT2D eigenvalue weighted by molar-refractivity contribution is 0.148. The number of hydrogen-bond donors (Lipinski definition) is 2. The van der Waals surface area contributed by atoms with Gasteiger partial charge in [-0.1, -0.05) is 36.4 Å². The van der Waals surface area contributed by atoms with Crippen LogP contribution in [-0.4, -0.2) is 53.5 Å². The van der Waals surface area contributed by atoms with E-state index in [1.165, 1.54) is 16.5 Å². The summed E-state index contributed by atoms with van der Waals surface area (Å²) in [6.07, 6.45) is 3.15. The molecule has 2 amide bonds. The molecule has 146 valence electrons. The zero-order chi connectivity index (χ0) is 19.5.